The molecule has 2 aliphatic heterocycles. The van der Waals surface area contributed by atoms with Gasteiger partial charge >= 0.3 is 6.18 Å². The zero-order chi connectivity index (χ0) is 15.6. The number of pyridine rings is 1. The predicted molar refractivity (Wildman–Crippen MR) is 76.4 cm³/mol. The maximum atomic E-state index is 12.6. The average Bonchev–Trinajstić information content (AvgIpc) is 2.55. The van der Waals surface area contributed by atoms with E-state index in [9.17, 15) is 13.2 Å². The van der Waals surface area contributed by atoms with Crippen molar-refractivity contribution in [3.63, 3.8) is 0 Å². The fourth-order valence-electron chi connectivity index (χ4n) is 2.53. The summed E-state index contributed by atoms with van der Waals surface area (Å²) in [5, 5.41) is 3.25. The zero-order valence-corrected chi connectivity index (χ0v) is 11.8. The van der Waals surface area contributed by atoms with Crippen LogP contribution in [0.2, 0.25) is 0 Å². The lowest BCUT2D eigenvalue weighted by Crippen LogP contribution is -2.44. The minimum Gasteiger partial charge on any atom is -0.369 e. The van der Waals surface area contributed by atoms with Gasteiger partial charge in [0.2, 0.25) is 0 Å². The molecular formula is C15H16F3N3O. The maximum absolute atomic E-state index is 12.6. The molecule has 1 fully saturated rings. The number of hydrogen-bond donors (Lipinski definition) is 1. The van der Waals surface area contributed by atoms with Crippen LogP contribution in [0.25, 0.3) is 0 Å². The third kappa shape index (κ3) is 3.15. The second-order valence-corrected chi connectivity index (χ2v) is 5.09. The Labute approximate surface area is 126 Å². The van der Waals surface area contributed by atoms with Crippen molar-refractivity contribution in [2.75, 3.05) is 31.1 Å². The number of anilines is 1. The van der Waals surface area contributed by atoms with Crippen LogP contribution in [-0.2, 0) is 10.9 Å². The molecule has 0 bridgehead atoms. The van der Waals surface area contributed by atoms with E-state index in [1.54, 1.807) is 0 Å². The smallest absolute Gasteiger partial charge is 0.369 e. The monoisotopic (exact) mass is 311 g/mol. The molecule has 0 saturated carbocycles. The molecule has 1 N–H and O–H groups in total. The molecule has 0 radical (unpaired) electrons. The first-order valence-electron chi connectivity index (χ1n) is 7.05. The van der Waals surface area contributed by atoms with E-state index in [0.29, 0.717) is 25.4 Å². The first-order valence-corrected chi connectivity index (χ1v) is 7.05. The number of alkyl halides is 3. The third-order valence-electron chi connectivity index (χ3n) is 3.61. The van der Waals surface area contributed by atoms with E-state index >= 15 is 0 Å². The van der Waals surface area contributed by atoms with E-state index in [1.807, 2.05) is 23.1 Å². The summed E-state index contributed by atoms with van der Waals surface area (Å²) in [4.78, 5) is 5.45. The minimum atomic E-state index is -4.42. The van der Waals surface area contributed by atoms with Crippen molar-refractivity contribution in [2.24, 2.45) is 0 Å². The van der Waals surface area contributed by atoms with Gasteiger partial charge in [0.05, 0.1) is 18.5 Å². The fourth-order valence-corrected chi connectivity index (χ4v) is 2.53. The number of aromatic nitrogens is 1. The summed E-state index contributed by atoms with van der Waals surface area (Å²) in [6.45, 7) is 2.69. The van der Waals surface area contributed by atoms with E-state index in [0.717, 1.165) is 18.3 Å². The molecule has 1 saturated heterocycles. The second-order valence-electron chi connectivity index (χ2n) is 5.09. The van der Waals surface area contributed by atoms with E-state index in [1.165, 1.54) is 12.3 Å². The average molecular weight is 311 g/mol. The quantitative estimate of drug-likeness (QED) is 0.910. The normalized spacial score (nSPS) is 22.6. The minimum absolute atomic E-state index is 0.110. The molecule has 1 aromatic heterocycles. The van der Waals surface area contributed by atoms with Crippen molar-refractivity contribution < 1.29 is 17.9 Å². The van der Waals surface area contributed by atoms with Crippen molar-refractivity contribution in [1.82, 2.24) is 10.3 Å². The van der Waals surface area contributed by atoms with Crippen LogP contribution < -0.4 is 10.2 Å². The summed E-state index contributed by atoms with van der Waals surface area (Å²) in [5.74, 6) is 0. The van der Waals surface area contributed by atoms with Crippen molar-refractivity contribution in [1.29, 1.82) is 0 Å². The summed E-state index contributed by atoms with van der Waals surface area (Å²) in [6, 6.07) is 2.45. The molecule has 0 aromatic carbocycles. The van der Waals surface area contributed by atoms with Crippen LogP contribution >= 0.6 is 0 Å². The Balaban J connectivity index is 1.83. The Hall–Kier alpha value is -1.86. The van der Waals surface area contributed by atoms with Gasteiger partial charge < -0.3 is 15.0 Å². The second kappa shape index (κ2) is 6.10. The number of nitrogens with one attached hydrogen (secondary N) is 1. The lowest BCUT2D eigenvalue weighted by molar-refractivity contribution is -0.141. The molecule has 4 nitrogen and oxygen atoms in total. The standard InChI is InChI=1S/C15H16F3N3O/c16-15(17,18)14-5-4-11(9-20-14)21-7-2-1-3-12(21)13-10-19-6-8-22-13/h1-5,9,13,19H,6-8,10H2/t13-/m0/s1. The molecule has 0 amide bonds. The van der Waals surface area contributed by atoms with Crippen LogP contribution in [0.1, 0.15) is 5.69 Å². The molecule has 0 unspecified atom stereocenters. The van der Waals surface area contributed by atoms with Gasteiger partial charge in [-0.25, -0.2) is 4.98 Å². The van der Waals surface area contributed by atoms with E-state index in [2.05, 4.69) is 10.3 Å². The first-order chi connectivity index (χ1) is 10.6. The van der Waals surface area contributed by atoms with E-state index in [4.69, 9.17) is 4.74 Å². The van der Waals surface area contributed by atoms with Crippen LogP contribution in [0, 0.1) is 0 Å². The summed E-state index contributed by atoms with van der Waals surface area (Å²) in [6.07, 6.45) is 2.53. The highest BCUT2D eigenvalue weighted by molar-refractivity contribution is 5.55. The molecule has 118 valence electrons. The summed E-state index contributed by atoms with van der Waals surface area (Å²) in [5.41, 5.74) is 0.666. The third-order valence-corrected chi connectivity index (χ3v) is 3.61. The number of halogens is 3. The summed E-state index contributed by atoms with van der Waals surface area (Å²) < 4.78 is 43.5. The predicted octanol–water partition coefficient (Wildman–Crippen LogP) is 2.35. The Kier molecular flexibility index (Phi) is 4.17. The van der Waals surface area contributed by atoms with Crippen LogP contribution in [0.3, 0.4) is 0 Å². The summed E-state index contributed by atoms with van der Waals surface area (Å²) >= 11 is 0. The van der Waals surface area contributed by atoms with Crippen LogP contribution in [0.4, 0.5) is 18.9 Å². The van der Waals surface area contributed by atoms with Crippen LogP contribution in [-0.4, -0.2) is 37.3 Å². The van der Waals surface area contributed by atoms with Gasteiger partial charge in [0.15, 0.2) is 0 Å². The van der Waals surface area contributed by atoms with Crippen molar-refractivity contribution in [2.45, 2.75) is 12.3 Å². The molecule has 2 aliphatic rings. The highest BCUT2D eigenvalue weighted by Gasteiger charge is 2.32. The van der Waals surface area contributed by atoms with Gasteiger partial charge in [-0.05, 0) is 18.2 Å². The van der Waals surface area contributed by atoms with Gasteiger partial charge in [-0.1, -0.05) is 12.2 Å². The van der Waals surface area contributed by atoms with Crippen LogP contribution in [0.15, 0.2) is 42.3 Å². The Morgan fingerprint density at radius 1 is 1.32 bits per heavy atom. The highest BCUT2D eigenvalue weighted by Crippen LogP contribution is 2.30. The van der Waals surface area contributed by atoms with E-state index < -0.39 is 11.9 Å². The van der Waals surface area contributed by atoms with Gasteiger partial charge in [0.25, 0.3) is 0 Å². The molecule has 1 atom stereocenters. The van der Waals surface area contributed by atoms with Gasteiger partial charge in [-0.3, -0.25) is 0 Å². The number of rotatable bonds is 2. The fraction of sp³-hybridized carbons (Fsp3) is 0.400. The number of morpholine rings is 1. The molecule has 0 aliphatic carbocycles. The molecule has 3 heterocycles. The molecule has 22 heavy (non-hydrogen) atoms. The number of hydrogen-bond acceptors (Lipinski definition) is 4. The summed E-state index contributed by atoms with van der Waals surface area (Å²) in [7, 11) is 0. The lowest BCUT2D eigenvalue weighted by Gasteiger charge is -2.35. The Bertz CT molecular complexity index is 575. The van der Waals surface area contributed by atoms with Crippen molar-refractivity contribution in [3.05, 3.63) is 47.9 Å². The number of nitrogens with zero attached hydrogens (tertiary/aromatic N) is 2. The maximum Gasteiger partial charge on any atom is 0.433 e. The molecular weight excluding hydrogens is 295 g/mol. The highest BCUT2D eigenvalue weighted by atomic mass is 19.4. The van der Waals surface area contributed by atoms with Crippen LogP contribution in [0.5, 0.6) is 0 Å². The van der Waals surface area contributed by atoms with Gasteiger partial charge in [0, 0.05) is 25.3 Å². The molecule has 1 aromatic rings. The van der Waals surface area contributed by atoms with Gasteiger partial charge in [0.1, 0.15) is 11.8 Å². The Morgan fingerprint density at radius 2 is 2.18 bits per heavy atom. The largest absolute Gasteiger partial charge is 0.433 e. The van der Waals surface area contributed by atoms with Gasteiger partial charge in [-0.2, -0.15) is 13.2 Å². The lowest BCUT2D eigenvalue weighted by atomic mass is 10.1. The van der Waals surface area contributed by atoms with E-state index in [-0.39, 0.29) is 6.10 Å². The topological polar surface area (TPSA) is 37.4 Å². The number of ether oxygens (including phenoxy) is 1. The number of allylic oxidation sites excluding steroid dienone is 2. The Morgan fingerprint density at radius 3 is 2.82 bits per heavy atom. The zero-order valence-electron chi connectivity index (χ0n) is 11.8. The SMILES string of the molecule is FC(F)(F)c1ccc(N2CC=CC=C2[C@@H]2CNCCO2)cn1. The van der Waals surface area contributed by atoms with Gasteiger partial charge in [-0.15, -0.1) is 0 Å². The first kappa shape index (κ1) is 15.1. The van der Waals surface area contributed by atoms with Crippen molar-refractivity contribution >= 4 is 5.69 Å². The van der Waals surface area contributed by atoms with Crippen molar-refractivity contribution in [3.8, 4) is 0 Å². The molecule has 0 spiro atoms. The molecule has 3 rings (SSSR count). The molecule has 7 heteroatoms.